The predicted molar refractivity (Wildman–Crippen MR) is 124 cm³/mol. The van der Waals surface area contributed by atoms with Crippen molar-refractivity contribution in [3.05, 3.63) is 52.9 Å². The van der Waals surface area contributed by atoms with Crippen LogP contribution in [0.3, 0.4) is 0 Å². The van der Waals surface area contributed by atoms with Gasteiger partial charge >= 0.3 is 0 Å². The lowest BCUT2D eigenvalue weighted by atomic mass is 10.1. The van der Waals surface area contributed by atoms with Crippen molar-refractivity contribution in [3.8, 4) is 0 Å². The maximum Gasteiger partial charge on any atom is 0.234 e. The fraction of sp³-hybridized carbons (Fsp3) is 0.227. The molecule has 0 spiro atoms. The van der Waals surface area contributed by atoms with Crippen molar-refractivity contribution in [1.29, 1.82) is 0 Å². The zero-order chi connectivity index (χ0) is 20.7. The van der Waals surface area contributed by atoms with Crippen molar-refractivity contribution in [2.45, 2.75) is 18.1 Å². The quantitative estimate of drug-likeness (QED) is 0.338. The number of benzene rings is 2. The van der Waals surface area contributed by atoms with Crippen molar-refractivity contribution in [2.75, 3.05) is 30.4 Å². The lowest BCUT2D eigenvalue weighted by Gasteiger charge is -2.19. The first kappa shape index (κ1) is 19.3. The van der Waals surface area contributed by atoms with E-state index in [0.29, 0.717) is 11.0 Å². The zero-order valence-corrected chi connectivity index (χ0v) is 18.2. The second-order valence-corrected chi connectivity index (χ2v) is 9.60. The molecule has 152 valence electrons. The van der Waals surface area contributed by atoms with Crippen molar-refractivity contribution >= 4 is 61.5 Å². The molecule has 0 saturated carbocycles. The molecule has 0 bridgehead atoms. The number of amides is 1. The molecular formula is C22H22N5OS2+. The third-order valence-corrected chi connectivity index (χ3v) is 7.37. The molecule has 1 amide bonds. The molecule has 4 N–H and O–H groups in total. The number of aromatic nitrogens is 2. The lowest BCUT2D eigenvalue weighted by Crippen LogP contribution is -3.08. The summed E-state index contributed by atoms with van der Waals surface area (Å²) in [6, 6.07) is 13.9. The summed E-state index contributed by atoms with van der Waals surface area (Å²) in [5, 5.41) is 6.68. The second kappa shape index (κ2) is 7.86. The van der Waals surface area contributed by atoms with Gasteiger partial charge in [-0.05, 0) is 17.0 Å². The number of quaternary nitrogens is 1. The number of carbonyl (C=O) groups is 1. The van der Waals surface area contributed by atoms with Crippen LogP contribution in [0, 0.1) is 0 Å². The van der Waals surface area contributed by atoms with E-state index >= 15 is 0 Å². The van der Waals surface area contributed by atoms with Crippen LogP contribution in [0.25, 0.3) is 21.0 Å². The van der Waals surface area contributed by atoms with Gasteiger partial charge in [-0.2, -0.15) is 0 Å². The number of nitrogens with one attached hydrogen (secondary N) is 2. The average Bonchev–Trinajstić information content (AvgIpc) is 3.10. The predicted octanol–water partition coefficient (Wildman–Crippen LogP) is 2.73. The van der Waals surface area contributed by atoms with Gasteiger partial charge in [0.25, 0.3) is 0 Å². The van der Waals surface area contributed by atoms with Crippen LogP contribution in [-0.4, -0.2) is 35.2 Å². The molecule has 0 aliphatic carbocycles. The number of likely N-dealkylation sites (N-methyl/N-ethyl adjacent to an activating group) is 1. The van der Waals surface area contributed by atoms with Gasteiger partial charge in [0.2, 0.25) is 5.91 Å². The van der Waals surface area contributed by atoms with Gasteiger partial charge in [-0.15, -0.1) is 11.3 Å². The molecule has 2 aromatic carbocycles. The maximum absolute atomic E-state index is 12.6. The molecule has 30 heavy (non-hydrogen) atoms. The number of fused-ring (bicyclic) bond motifs is 4. The minimum atomic E-state index is -0.0886. The highest BCUT2D eigenvalue weighted by Gasteiger charge is 2.24. The highest BCUT2D eigenvalue weighted by molar-refractivity contribution is 7.99. The summed E-state index contributed by atoms with van der Waals surface area (Å²) in [5.41, 5.74) is 8.41. The molecule has 0 radical (unpaired) electrons. The van der Waals surface area contributed by atoms with Crippen LogP contribution < -0.4 is 16.0 Å². The fourth-order valence-corrected chi connectivity index (χ4v) is 5.99. The standard InChI is InChI=1S/C22H21N5OS2/c1-27-10-9-15-17(11-27)30-21-19(15)20(23)25-22(26-21)29-12-18(28)24-16-8-4-6-13-5-2-3-7-14(13)16/h2-8H,9-12H2,1H3,(H,24,28)(H2,23,25,26)/p+1. The molecule has 8 heteroatoms. The Morgan fingerprint density at radius 3 is 2.97 bits per heavy atom. The Kier molecular flexibility index (Phi) is 5.06. The van der Waals surface area contributed by atoms with Crippen molar-refractivity contribution in [3.63, 3.8) is 0 Å². The van der Waals surface area contributed by atoms with Gasteiger partial charge in [0, 0.05) is 17.5 Å². The molecule has 2 aromatic heterocycles. The van der Waals surface area contributed by atoms with E-state index < -0.39 is 0 Å². The summed E-state index contributed by atoms with van der Waals surface area (Å²) < 4.78 is 0. The van der Waals surface area contributed by atoms with Crippen LogP contribution in [0.5, 0.6) is 0 Å². The summed E-state index contributed by atoms with van der Waals surface area (Å²) in [6.07, 6.45) is 1.01. The summed E-state index contributed by atoms with van der Waals surface area (Å²) in [4.78, 5) is 25.5. The molecule has 5 rings (SSSR count). The van der Waals surface area contributed by atoms with Gasteiger partial charge in [0.1, 0.15) is 17.2 Å². The molecule has 3 heterocycles. The Bertz CT molecular complexity index is 1260. The van der Waals surface area contributed by atoms with E-state index in [4.69, 9.17) is 10.7 Å². The number of nitrogens with two attached hydrogens (primary N) is 1. The van der Waals surface area contributed by atoms with E-state index in [1.165, 1.54) is 27.1 Å². The average molecular weight is 437 g/mol. The fourth-order valence-electron chi connectivity index (χ4n) is 3.93. The largest absolute Gasteiger partial charge is 0.383 e. The number of carbonyl (C=O) groups excluding carboxylic acids is 1. The number of nitrogens with zero attached hydrogens (tertiary/aromatic N) is 2. The molecule has 1 atom stereocenters. The first-order valence-corrected chi connectivity index (χ1v) is 11.7. The first-order valence-electron chi connectivity index (χ1n) is 9.88. The van der Waals surface area contributed by atoms with Gasteiger partial charge in [0.15, 0.2) is 5.16 Å². The van der Waals surface area contributed by atoms with E-state index in [2.05, 4.69) is 17.3 Å². The van der Waals surface area contributed by atoms with E-state index in [9.17, 15) is 4.79 Å². The molecule has 6 nitrogen and oxygen atoms in total. The van der Waals surface area contributed by atoms with Crippen LogP contribution >= 0.6 is 23.1 Å². The van der Waals surface area contributed by atoms with Gasteiger partial charge in [0.05, 0.1) is 29.6 Å². The Morgan fingerprint density at radius 1 is 1.23 bits per heavy atom. The smallest absolute Gasteiger partial charge is 0.234 e. The number of rotatable bonds is 4. The molecule has 0 saturated heterocycles. The topological polar surface area (TPSA) is 85.3 Å². The third-order valence-electron chi connectivity index (χ3n) is 5.40. The molecule has 4 aromatic rings. The monoisotopic (exact) mass is 436 g/mol. The maximum atomic E-state index is 12.6. The minimum absolute atomic E-state index is 0.0886. The zero-order valence-electron chi connectivity index (χ0n) is 16.6. The van der Waals surface area contributed by atoms with Gasteiger partial charge < -0.3 is 16.0 Å². The van der Waals surface area contributed by atoms with E-state index in [0.717, 1.165) is 46.2 Å². The number of nitrogen functional groups attached to an aromatic ring is 1. The number of thiophene rings is 1. The molecule has 0 fully saturated rings. The van der Waals surface area contributed by atoms with Crippen molar-refractivity contribution < 1.29 is 9.69 Å². The Hall–Kier alpha value is -2.68. The number of thioether (sulfide) groups is 1. The molecule has 1 unspecified atom stereocenters. The molecule has 1 aliphatic rings. The van der Waals surface area contributed by atoms with Crippen LogP contribution in [0.1, 0.15) is 10.4 Å². The lowest BCUT2D eigenvalue weighted by molar-refractivity contribution is -0.895. The van der Waals surface area contributed by atoms with Crippen molar-refractivity contribution in [1.82, 2.24) is 9.97 Å². The summed E-state index contributed by atoms with van der Waals surface area (Å²) in [5.74, 6) is 0.662. The molecule has 1 aliphatic heterocycles. The van der Waals surface area contributed by atoms with Crippen LogP contribution in [0.15, 0.2) is 47.6 Å². The second-order valence-electron chi connectivity index (χ2n) is 7.57. The van der Waals surface area contributed by atoms with E-state index in [1.807, 2.05) is 42.5 Å². The van der Waals surface area contributed by atoms with Crippen LogP contribution in [0.2, 0.25) is 0 Å². The van der Waals surface area contributed by atoms with Gasteiger partial charge in [-0.1, -0.05) is 48.2 Å². The molecular weight excluding hydrogens is 414 g/mol. The number of hydrogen-bond acceptors (Lipinski definition) is 6. The Balaban J connectivity index is 1.33. The van der Waals surface area contributed by atoms with Crippen molar-refractivity contribution in [2.24, 2.45) is 0 Å². The third kappa shape index (κ3) is 3.62. The number of hydrogen-bond donors (Lipinski definition) is 3. The van der Waals surface area contributed by atoms with Crippen LogP contribution in [0.4, 0.5) is 11.5 Å². The summed E-state index contributed by atoms with van der Waals surface area (Å²) >= 11 is 3.02. The highest BCUT2D eigenvalue weighted by Crippen LogP contribution is 2.35. The minimum Gasteiger partial charge on any atom is -0.383 e. The number of anilines is 2. The SMILES string of the molecule is C[NH+]1CCc2c(sc3nc(SCC(=O)Nc4cccc5ccccc45)nc(N)c23)C1. The van der Waals surface area contributed by atoms with Gasteiger partial charge in [-0.25, -0.2) is 9.97 Å². The van der Waals surface area contributed by atoms with Gasteiger partial charge in [-0.3, -0.25) is 4.79 Å². The Labute approximate surface area is 182 Å². The first-order chi connectivity index (χ1) is 14.6. The van der Waals surface area contributed by atoms with Crippen LogP contribution in [-0.2, 0) is 17.8 Å². The summed E-state index contributed by atoms with van der Waals surface area (Å²) in [6.45, 7) is 2.11. The summed E-state index contributed by atoms with van der Waals surface area (Å²) in [7, 11) is 2.21. The normalized spacial score (nSPS) is 16.0. The Morgan fingerprint density at radius 2 is 2.07 bits per heavy atom. The van der Waals surface area contributed by atoms with E-state index in [-0.39, 0.29) is 11.7 Å². The van der Waals surface area contributed by atoms with E-state index in [1.54, 1.807) is 11.3 Å². The highest BCUT2D eigenvalue weighted by atomic mass is 32.2.